The van der Waals surface area contributed by atoms with Gasteiger partial charge in [-0.1, -0.05) is 76.2 Å². The first-order valence-corrected chi connectivity index (χ1v) is 13.2. The Kier molecular flexibility index (Phi) is 7.51. The van der Waals surface area contributed by atoms with Gasteiger partial charge in [0.05, 0.1) is 34.3 Å². The molecule has 0 spiro atoms. The SMILES string of the molecule is CCOC(=O)C1=c2s/c(=C\c3ccc(C(C)C)cc3)c(=O)n2C(N)=C(C#N)C1c1ccc(C(C)C)cc1. The maximum absolute atomic E-state index is 13.5. The topological polar surface area (TPSA) is 98.1 Å². The number of esters is 1. The summed E-state index contributed by atoms with van der Waals surface area (Å²) in [6.07, 6.45) is 1.79. The highest BCUT2D eigenvalue weighted by Gasteiger charge is 2.36. The van der Waals surface area contributed by atoms with Crippen molar-refractivity contribution in [2.75, 3.05) is 6.61 Å². The fraction of sp³-hybridized carbons (Fsp3) is 0.300. The molecule has 4 rings (SSSR count). The Labute approximate surface area is 220 Å². The second kappa shape index (κ2) is 10.6. The lowest BCUT2D eigenvalue weighted by molar-refractivity contribution is -0.136. The van der Waals surface area contributed by atoms with Crippen molar-refractivity contribution >= 4 is 34.8 Å². The van der Waals surface area contributed by atoms with Crippen LogP contribution in [0.3, 0.4) is 0 Å². The van der Waals surface area contributed by atoms with Crippen molar-refractivity contribution in [1.82, 2.24) is 4.57 Å². The van der Waals surface area contributed by atoms with E-state index in [-0.39, 0.29) is 29.1 Å². The molecule has 37 heavy (non-hydrogen) atoms. The molecule has 7 heteroatoms. The molecule has 0 fully saturated rings. The normalized spacial score (nSPS) is 15.8. The minimum atomic E-state index is -0.735. The molecule has 1 unspecified atom stereocenters. The maximum atomic E-state index is 13.5. The van der Waals surface area contributed by atoms with E-state index in [1.165, 1.54) is 21.5 Å². The molecule has 1 aliphatic rings. The molecular formula is C30H31N3O3S. The van der Waals surface area contributed by atoms with E-state index in [9.17, 15) is 14.9 Å². The van der Waals surface area contributed by atoms with E-state index in [4.69, 9.17) is 10.5 Å². The quantitative estimate of drug-likeness (QED) is 0.500. The van der Waals surface area contributed by atoms with Gasteiger partial charge in [0.2, 0.25) is 0 Å². The fourth-order valence-corrected chi connectivity index (χ4v) is 5.65. The van der Waals surface area contributed by atoms with Crippen molar-refractivity contribution in [3.63, 3.8) is 0 Å². The van der Waals surface area contributed by atoms with E-state index >= 15 is 0 Å². The third-order valence-corrected chi connectivity index (χ3v) is 7.71. The van der Waals surface area contributed by atoms with E-state index in [0.29, 0.717) is 21.0 Å². The molecule has 0 radical (unpaired) electrons. The summed E-state index contributed by atoms with van der Waals surface area (Å²) in [5, 5.41) is 10.1. The number of carbonyl (C=O) groups is 1. The van der Waals surface area contributed by atoms with Crippen LogP contribution in [0, 0.1) is 11.3 Å². The number of nitriles is 1. The second-order valence-electron chi connectivity index (χ2n) is 9.68. The van der Waals surface area contributed by atoms with Crippen LogP contribution < -0.4 is 20.5 Å². The molecular weight excluding hydrogens is 482 g/mol. The fourth-order valence-electron chi connectivity index (χ4n) is 4.49. The van der Waals surface area contributed by atoms with Crippen molar-refractivity contribution in [1.29, 1.82) is 5.26 Å². The zero-order chi connectivity index (χ0) is 26.9. The van der Waals surface area contributed by atoms with Gasteiger partial charge in [0.15, 0.2) is 0 Å². The van der Waals surface area contributed by atoms with Crippen LogP contribution in [0.5, 0.6) is 0 Å². The number of nitrogens with zero attached hydrogens (tertiary/aromatic N) is 2. The van der Waals surface area contributed by atoms with Gasteiger partial charge in [0.1, 0.15) is 10.5 Å². The molecule has 3 aromatic rings. The number of hydrogen-bond acceptors (Lipinski definition) is 6. The third-order valence-electron chi connectivity index (χ3n) is 6.60. The number of carbonyl (C=O) groups excluding carboxylic acids is 1. The van der Waals surface area contributed by atoms with Crippen molar-refractivity contribution in [2.45, 2.75) is 52.4 Å². The molecule has 2 N–H and O–H groups in total. The molecule has 2 heterocycles. The van der Waals surface area contributed by atoms with Crippen molar-refractivity contribution in [2.24, 2.45) is 5.73 Å². The van der Waals surface area contributed by atoms with Crippen LogP contribution in [0.1, 0.15) is 74.6 Å². The van der Waals surface area contributed by atoms with E-state index in [0.717, 1.165) is 16.7 Å². The molecule has 0 bridgehead atoms. The zero-order valence-corrected chi connectivity index (χ0v) is 22.6. The highest BCUT2D eigenvalue weighted by Crippen LogP contribution is 2.37. The number of rotatable bonds is 6. The Hall–Kier alpha value is -3.89. The van der Waals surface area contributed by atoms with E-state index in [1.807, 2.05) is 48.5 Å². The highest BCUT2D eigenvalue weighted by atomic mass is 32.1. The van der Waals surface area contributed by atoms with Gasteiger partial charge in [-0.3, -0.25) is 9.36 Å². The predicted octanol–water partition coefficient (Wildman–Crippen LogP) is 4.15. The number of ether oxygens (including phenoxy) is 1. The molecule has 2 aromatic carbocycles. The summed E-state index contributed by atoms with van der Waals surface area (Å²) in [6, 6.07) is 18.0. The standard InChI is InChI=1S/C30H31N3O3S/c1-6-36-30(35)26-25(22-13-11-21(12-14-22)18(4)5)23(16-31)27(32)33-28(34)24(37-29(26)33)15-19-7-9-20(10-8-19)17(2)3/h7-15,17-18,25H,6,32H2,1-5H3/b24-15-. The zero-order valence-electron chi connectivity index (χ0n) is 21.7. The molecule has 0 amide bonds. The summed E-state index contributed by atoms with van der Waals surface area (Å²) in [4.78, 5) is 26.8. The van der Waals surface area contributed by atoms with Crippen molar-refractivity contribution in [3.8, 4) is 6.07 Å². The lowest BCUT2D eigenvalue weighted by Crippen LogP contribution is -2.40. The lowest BCUT2D eigenvalue weighted by Gasteiger charge is -2.25. The molecule has 0 aliphatic carbocycles. The van der Waals surface area contributed by atoms with Gasteiger partial charge >= 0.3 is 5.97 Å². The van der Waals surface area contributed by atoms with Crippen molar-refractivity contribution in [3.05, 3.63) is 95.9 Å². The molecule has 190 valence electrons. The maximum Gasteiger partial charge on any atom is 0.338 e. The van der Waals surface area contributed by atoms with Crippen LogP contribution in [0.2, 0.25) is 0 Å². The predicted molar refractivity (Wildman–Crippen MR) is 148 cm³/mol. The lowest BCUT2D eigenvalue weighted by atomic mass is 9.83. The number of nitrogens with two attached hydrogens (primary N) is 1. The van der Waals surface area contributed by atoms with E-state index in [1.54, 1.807) is 13.0 Å². The number of thiazole rings is 1. The Morgan fingerprint density at radius 3 is 2.16 bits per heavy atom. The summed E-state index contributed by atoms with van der Waals surface area (Å²) in [5.41, 5.74) is 10.4. The Morgan fingerprint density at radius 2 is 1.65 bits per heavy atom. The van der Waals surface area contributed by atoms with Crippen molar-refractivity contribution < 1.29 is 9.53 Å². The summed E-state index contributed by atoms with van der Waals surface area (Å²) >= 11 is 1.19. The van der Waals surface area contributed by atoms with Crippen LogP contribution >= 0.6 is 11.3 Å². The third kappa shape index (κ3) is 4.90. The molecule has 1 aromatic heterocycles. The Bertz CT molecular complexity index is 1580. The van der Waals surface area contributed by atoms with Crippen LogP contribution in [-0.4, -0.2) is 17.1 Å². The van der Waals surface area contributed by atoms with E-state index < -0.39 is 11.9 Å². The second-order valence-corrected chi connectivity index (χ2v) is 10.7. The summed E-state index contributed by atoms with van der Waals surface area (Å²) < 4.78 is 7.51. The van der Waals surface area contributed by atoms with Crippen LogP contribution in [0.4, 0.5) is 0 Å². The van der Waals surface area contributed by atoms with E-state index in [2.05, 4.69) is 33.8 Å². The van der Waals surface area contributed by atoms with Crippen LogP contribution in [0.25, 0.3) is 17.5 Å². The average Bonchev–Trinajstić information content (AvgIpc) is 3.20. The monoisotopic (exact) mass is 513 g/mol. The first-order valence-electron chi connectivity index (χ1n) is 12.4. The van der Waals surface area contributed by atoms with Gasteiger partial charge in [-0.25, -0.2) is 4.79 Å². The number of benzene rings is 2. The Morgan fingerprint density at radius 1 is 1.08 bits per heavy atom. The molecule has 6 nitrogen and oxygen atoms in total. The van der Waals surface area contributed by atoms with Gasteiger partial charge < -0.3 is 10.5 Å². The minimum Gasteiger partial charge on any atom is -0.463 e. The highest BCUT2D eigenvalue weighted by molar-refractivity contribution is 7.07. The summed E-state index contributed by atoms with van der Waals surface area (Å²) in [5.74, 6) is -0.527. The molecule has 0 saturated heterocycles. The molecule has 1 atom stereocenters. The Balaban J connectivity index is 2.00. The first kappa shape index (κ1) is 26.2. The van der Waals surface area contributed by atoms with Gasteiger partial charge in [0.25, 0.3) is 5.56 Å². The smallest absolute Gasteiger partial charge is 0.338 e. The number of aromatic nitrogens is 1. The van der Waals surface area contributed by atoms with Crippen LogP contribution in [-0.2, 0) is 9.53 Å². The number of hydrogen-bond donors (Lipinski definition) is 1. The van der Waals surface area contributed by atoms with Gasteiger partial charge in [-0.2, -0.15) is 5.26 Å². The van der Waals surface area contributed by atoms with Gasteiger partial charge in [-0.05, 0) is 47.1 Å². The largest absolute Gasteiger partial charge is 0.463 e. The first-order chi connectivity index (χ1) is 17.7. The minimum absolute atomic E-state index is 0.0412. The molecule has 1 aliphatic heterocycles. The summed E-state index contributed by atoms with van der Waals surface area (Å²) in [6.45, 7) is 10.3. The summed E-state index contributed by atoms with van der Waals surface area (Å²) in [7, 11) is 0. The number of allylic oxidation sites excluding steroid dienone is 1. The number of fused-ring (bicyclic) bond motifs is 1. The average molecular weight is 514 g/mol. The van der Waals surface area contributed by atoms with Gasteiger partial charge in [0, 0.05) is 0 Å². The molecule has 0 saturated carbocycles. The van der Waals surface area contributed by atoms with Crippen LogP contribution in [0.15, 0.2) is 58.9 Å². The van der Waals surface area contributed by atoms with Gasteiger partial charge in [-0.15, -0.1) is 11.3 Å².